The highest BCUT2D eigenvalue weighted by molar-refractivity contribution is 5.95. The zero-order valence-corrected chi connectivity index (χ0v) is 10.4. The summed E-state index contributed by atoms with van der Waals surface area (Å²) in [6.07, 6.45) is 2.18. The third-order valence-electron chi connectivity index (χ3n) is 3.30. The number of nitrogen functional groups attached to an aromatic ring is 1. The van der Waals surface area contributed by atoms with Crippen LogP contribution in [0.5, 0.6) is 0 Å². The number of benzene rings is 1. The molecule has 1 atom stereocenters. The Kier molecular flexibility index (Phi) is 3.72. The van der Waals surface area contributed by atoms with Crippen LogP contribution in [0, 0.1) is 0 Å². The number of carboxylic acids is 1. The molecule has 1 aromatic carbocycles. The van der Waals surface area contributed by atoms with Gasteiger partial charge in [0.1, 0.15) is 0 Å². The van der Waals surface area contributed by atoms with E-state index in [9.17, 15) is 9.90 Å². The fourth-order valence-corrected chi connectivity index (χ4v) is 2.35. The van der Waals surface area contributed by atoms with E-state index in [1.165, 1.54) is 6.07 Å². The van der Waals surface area contributed by atoms with Crippen molar-refractivity contribution in [3.63, 3.8) is 0 Å². The first-order chi connectivity index (χ1) is 8.61. The summed E-state index contributed by atoms with van der Waals surface area (Å²) in [5, 5.41) is 9.23. The van der Waals surface area contributed by atoms with Crippen molar-refractivity contribution >= 4 is 17.3 Å². The molecule has 0 bridgehead atoms. The first-order valence-electron chi connectivity index (χ1n) is 6.02. The Morgan fingerprint density at radius 2 is 2.33 bits per heavy atom. The highest BCUT2D eigenvalue weighted by Gasteiger charge is 2.23. The maximum absolute atomic E-state index is 11.3. The molecule has 0 radical (unpaired) electrons. The van der Waals surface area contributed by atoms with Crippen molar-refractivity contribution < 1.29 is 14.6 Å². The van der Waals surface area contributed by atoms with E-state index in [-0.39, 0.29) is 11.7 Å². The highest BCUT2D eigenvalue weighted by atomic mass is 16.5. The van der Waals surface area contributed by atoms with Crippen molar-refractivity contribution in [2.24, 2.45) is 0 Å². The van der Waals surface area contributed by atoms with Gasteiger partial charge in [0.2, 0.25) is 0 Å². The van der Waals surface area contributed by atoms with E-state index < -0.39 is 5.97 Å². The summed E-state index contributed by atoms with van der Waals surface area (Å²) in [7, 11) is 1.69. The summed E-state index contributed by atoms with van der Waals surface area (Å²) in [6, 6.07) is 5.02. The second kappa shape index (κ2) is 5.27. The average Bonchev–Trinajstić information content (AvgIpc) is 2.38. The lowest BCUT2D eigenvalue weighted by atomic mass is 10.0. The van der Waals surface area contributed by atoms with E-state index in [1.807, 2.05) is 0 Å². The van der Waals surface area contributed by atoms with E-state index in [4.69, 9.17) is 10.5 Å². The summed E-state index contributed by atoms with van der Waals surface area (Å²) in [4.78, 5) is 13.3. The first-order valence-corrected chi connectivity index (χ1v) is 6.02. The molecular formula is C13H18N2O3. The number of hydrogen-bond acceptors (Lipinski definition) is 4. The number of aromatic carboxylic acids is 1. The third kappa shape index (κ3) is 2.56. The van der Waals surface area contributed by atoms with Gasteiger partial charge in [0.05, 0.1) is 17.4 Å². The molecule has 0 spiro atoms. The van der Waals surface area contributed by atoms with Crippen LogP contribution in [0.4, 0.5) is 11.4 Å². The molecule has 0 aromatic heterocycles. The topological polar surface area (TPSA) is 75.8 Å². The van der Waals surface area contributed by atoms with Crippen molar-refractivity contribution in [1.29, 1.82) is 0 Å². The molecule has 5 nitrogen and oxygen atoms in total. The van der Waals surface area contributed by atoms with E-state index in [2.05, 4.69) is 4.90 Å². The van der Waals surface area contributed by atoms with Crippen molar-refractivity contribution in [2.45, 2.75) is 18.9 Å². The monoisotopic (exact) mass is 250 g/mol. The molecule has 18 heavy (non-hydrogen) atoms. The van der Waals surface area contributed by atoms with Gasteiger partial charge in [-0.3, -0.25) is 0 Å². The van der Waals surface area contributed by atoms with Gasteiger partial charge < -0.3 is 20.5 Å². The van der Waals surface area contributed by atoms with Gasteiger partial charge in [0.15, 0.2) is 0 Å². The zero-order valence-electron chi connectivity index (χ0n) is 10.4. The Hall–Kier alpha value is -1.75. The molecule has 3 N–H and O–H groups in total. The summed E-state index contributed by atoms with van der Waals surface area (Å²) in [5.74, 6) is -0.947. The lowest BCUT2D eigenvalue weighted by Crippen LogP contribution is -2.40. The van der Waals surface area contributed by atoms with Crippen LogP contribution in [0.3, 0.4) is 0 Å². The van der Waals surface area contributed by atoms with Gasteiger partial charge in [-0.2, -0.15) is 0 Å². The molecule has 1 aromatic rings. The number of piperidine rings is 1. The molecule has 5 heteroatoms. The Bertz CT molecular complexity index is 448. The van der Waals surface area contributed by atoms with Gasteiger partial charge in [-0.25, -0.2) is 4.79 Å². The largest absolute Gasteiger partial charge is 0.478 e. The minimum atomic E-state index is -0.947. The second-order valence-electron chi connectivity index (χ2n) is 4.53. The zero-order chi connectivity index (χ0) is 13.1. The van der Waals surface area contributed by atoms with Crippen LogP contribution in [0.1, 0.15) is 23.2 Å². The fraction of sp³-hybridized carbons (Fsp3) is 0.462. The van der Waals surface area contributed by atoms with Crippen LogP contribution >= 0.6 is 0 Å². The molecular weight excluding hydrogens is 232 g/mol. The Labute approximate surface area is 106 Å². The standard InChI is InChI=1S/C13H18N2O3/c1-18-10-3-2-6-15(8-10)12-5-4-9(14)7-11(12)13(16)17/h4-5,7,10H,2-3,6,8,14H2,1H3,(H,16,17). The molecule has 1 aliphatic rings. The molecule has 98 valence electrons. The number of ether oxygens (including phenoxy) is 1. The molecule has 1 fully saturated rings. The predicted octanol–water partition coefficient (Wildman–Crippen LogP) is 1.58. The van der Waals surface area contributed by atoms with Crippen LogP contribution in [0.25, 0.3) is 0 Å². The summed E-state index contributed by atoms with van der Waals surface area (Å²) >= 11 is 0. The molecule has 1 unspecified atom stereocenters. The van der Waals surface area contributed by atoms with E-state index in [0.29, 0.717) is 5.69 Å². The van der Waals surface area contributed by atoms with Crippen molar-refractivity contribution in [3.05, 3.63) is 23.8 Å². The Balaban J connectivity index is 2.29. The maximum Gasteiger partial charge on any atom is 0.337 e. The van der Waals surface area contributed by atoms with Crippen LogP contribution in [-0.2, 0) is 4.74 Å². The minimum Gasteiger partial charge on any atom is -0.478 e. The Morgan fingerprint density at radius 1 is 1.56 bits per heavy atom. The smallest absolute Gasteiger partial charge is 0.337 e. The SMILES string of the molecule is COC1CCCN(c2ccc(N)cc2C(=O)O)C1. The molecule has 1 saturated heterocycles. The molecule has 1 heterocycles. The van der Waals surface area contributed by atoms with Gasteiger partial charge in [-0.05, 0) is 31.0 Å². The van der Waals surface area contributed by atoms with Crippen molar-refractivity contribution in [3.8, 4) is 0 Å². The number of methoxy groups -OCH3 is 1. The number of carboxylic acid groups (broad SMARTS) is 1. The summed E-state index contributed by atoms with van der Waals surface area (Å²) in [5.41, 5.74) is 7.09. The average molecular weight is 250 g/mol. The molecule has 2 rings (SSSR count). The Morgan fingerprint density at radius 3 is 3.00 bits per heavy atom. The lowest BCUT2D eigenvalue weighted by Gasteiger charge is -2.34. The summed E-state index contributed by atoms with van der Waals surface area (Å²) < 4.78 is 5.35. The number of rotatable bonds is 3. The second-order valence-corrected chi connectivity index (χ2v) is 4.53. The van der Waals surface area contributed by atoms with Gasteiger partial charge in [0, 0.05) is 25.9 Å². The predicted molar refractivity (Wildman–Crippen MR) is 70.1 cm³/mol. The van der Waals surface area contributed by atoms with Gasteiger partial charge in [-0.15, -0.1) is 0 Å². The van der Waals surface area contributed by atoms with Crippen LogP contribution < -0.4 is 10.6 Å². The number of anilines is 2. The van der Waals surface area contributed by atoms with Gasteiger partial charge >= 0.3 is 5.97 Å². The van der Waals surface area contributed by atoms with Crippen LogP contribution in [0.2, 0.25) is 0 Å². The van der Waals surface area contributed by atoms with E-state index >= 15 is 0 Å². The molecule has 1 aliphatic heterocycles. The van der Waals surface area contributed by atoms with Crippen molar-refractivity contribution in [1.82, 2.24) is 0 Å². The minimum absolute atomic E-state index is 0.165. The van der Waals surface area contributed by atoms with E-state index in [1.54, 1.807) is 19.2 Å². The third-order valence-corrected chi connectivity index (χ3v) is 3.30. The molecule has 0 amide bonds. The normalized spacial score (nSPS) is 19.8. The first kappa shape index (κ1) is 12.7. The van der Waals surface area contributed by atoms with Gasteiger partial charge in [0.25, 0.3) is 0 Å². The quantitative estimate of drug-likeness (QED) is 0.797. The van der Waals surface area contributed by atoms with Crippen molar-refractivity contribution in [2.75, 3.05) is 30.8 Å². The fourth-order valence-electron chi connectivity index (χ4n) is 2.35. The van der Waals surface area contributed by atoms with Crippen LogP contribution in [0.15, 0.2) is 18.2 Å². The maximum atomic E-state index is 11.3. The summed E-state index contributed by atoms with van der Waals surface area (Å²) in [6.45, 7) is 1.57. The number of carbonyl (C=O) groups is 1. The lowest BCUT2D eigenvalue weighted by molar-refractivity contribution is 0.0695. The molecule has 0 aliphatic carbocycles. The number of nitrogens with zero attached hydrogens (tertiary/aromatic N) is 1. The van der Waals surface area contributed by atoms with Crippen LogP contribution in [-0.4, -0.2) is 37.4 Å². The van der Waals surface area contributed by atoms with E-state index in [0.717, 1.165) is 31.6 Å². The molecule has 0 saturated carbocycles. The van der Waals surface area contributed by atoms with Gasteiger partial charge in [-0.1, -0.05) is 0 Å². The number of nitrogens with two attached hydrogens (primary N) is 1. The highest BCUT2D eigenvalue weighted by Crippen LogP contribution is 2.26. The number of hydrogen-bond donors (Lipinski definition) is 2.